The second kappa shape index (κ2) is 10.2. The third-order valence-electron chi connectivity index (χ3n) is 11.2. The summed E-state index contributed by atoms with van der Waals surface area (Å²) in [6.45, 7) is 3.48. The minimum Gasteiger partial charge on any atom is -0.480 e. The summed E-state index contributed by atoms with van der Waals surface area (Å²) in [6.07, 6.45) is 17.4. The normalized spacial score (nSPS) is 38.3. The Morgan fingerprint density at radius 2 is 1.68 bits per heavy atom. The van der Waals surface area contributed by atoms with E-state index in [1.807, 2.05) is 0 Å². The van der Waals surface area contributed by atoms with Crippen LogP contribution in [0.1, 0.15) is 108 Å². The highest BCUT2D eigenvalue weighted by molar-refractivity contribution is 5.76. The fourth-order valence-electron chi connectivity index (χ4n) is 9.70. The molecule has 2 aromatic rings. The van der Waals surface area contributed by atoms with Crippen molar-refractivity contribution in [3.05, 3.63) is 30.1 Å². The minimum absolute atomic E-state index is 0.107. The van der Waals surface area contributed by atoms with Crippen molar-refractivity contribution in [3.8, 4) is 0 Å². The molecule has 2 aliphatic carbocycles. The van der Waals surface area contributed by atoms with Gasteiger partial charge in [-0.3, -0.25) is 14.6 Å². The van der Waals surface area contributed by atoms with Crippen LogP contribution >= 0.6 is 0 Å². The van der Waals surface area contributed by atoms with E-state index in [9.17, 15) is 9.90 Å². The van der Waals surface area contributed by atoms with E-state index in [-0.39, 0.29) is 12.6 Å². The largest absolute Gasteiger partial charge is 0.480 e. The van der Waals surface area contributed by atoms with E-state index in [1.165, 1.54) is 76.1 Å². The monoisotopic (exact) mass is 518 g/mol. The van der Waals surface area contributed by atoms with Gasteiger partial charge in [0.05, 0.1) is 23.6 Å². The van der Waals surface area contributed by atoms with Gasteiger partial charge in [0, 0.05) is 24.2 Å². The molecule has 6 heteroatoms. The van der Waals surface area contributed by atoms with Crippen molar-refractivity contribution in [3.63, 3.8) is 0 Å². The van der Waals surface area contributed by atoms with Crippen LogP contribution in [-0.4, -0.2) is 61.6 Å². The Morgan fingerprint density at radius 3 is 2.47 bits per heavy atom. The van der Waals surface area contributed by atoms with Crippen LogP contribution in [0.5, 0.6) is 0 Å². The van der Waals surface area contributed by atoms with Crippen LogP contribution in [0.15, 0.2) is 24.3 Å². The summed E-state index contributed by atoms with van der Waals surface area (Å²) in [5.74, 6) is 3.05. The zero-order valence-corrected chi connectivity index (χ0v) is 23.2. The van der Waals surface area contributed by atoms with E-state index in [0.717, 1.165) is 54.5 Å². The molecule has 3 saturated heterocycles. The summed E-state index contributed by atoms with van der Waals surface area (Å²) in [5.41, 5.74) is 2.32. The Balaban J connectivity index is 1.22. The summed E-state index contributed by atoms with van der Waals surface area (Å²) in [4.78, 5) is 22.1. The van der Waals surface area contributed by atoms with Gasteiger partial charge >= 0.3 is 5.97 Å². The van der Waals surface area contributed by atoms with Crippen molar-refractivity contribution in [1.82, 2.24) is 19.4 Å². The number of fused-ring (bicyclic) bond motifs is 5. The number of hydrogen-bond donors (Lipinski definition) is 1. The van der Waals surface area contributed by atoms with Crippen LogP contribution in [0, 0.1) is 17.8 Å². The summed E-state index contributed by atoms with van der Waals surface area (Å²) < 4.78 is 2.59. The molecule has 1 unspecified atom stereocenters. The Hall–Kier alpha value is -1.92. The summed E-state index contributed by atoms with van der Waals surface area (Å²) in [5, 5.41) is 9.59. The first-order valence-corrected chi connectivity index (χ1v) is 15.7. The van der Waals surface area contributed by atoms with Gasteiger partial charge in [-0.15, -0.1) is 0 Å². The van der Waals surface area contributed by atoms with Crippen LogP contribution in [0.4, 0.5) is 0 Å². The van der Waals surface area contributed by atoms with E-state index in [4.69, 9.17) is 4.98 Å². The van der Waals surface area contributed by atoms with Gasteiger partial charge in [0.25, 0.3) is 0 Å². The molecule has 7 rings (SSSR count). The summed E-state index contributed by atoms with van der Waals surface area (Å²) in [6, 6.07) is 11.3. The molecule has 2 saturated carbocycles. The van der Waals surface area contributed by atoms with Crippen LogP contribution < -0.4 is 0 Å². The van der Waals surface area contributed by atoms with Crippen LogP contribution in [-0.2, 0) is 4.79 Å². The molecule has 4 heterocycles. The number of carboxylic acids is 1. The van der Waals surface area contributed by atoms with Gasteiger partial charge in [0.2, 0.25) is 0 Å². The minimum atomic E-state index is -0.732. The average Bonchev–Trinajstić information content (AvgIpc) is 3.47. The number of rotatable bonds is 5. The fourth-order valence-corrected chi connectivity index (χ4v) is 9.70. The number of aliphatic carboxylic acids is 1. The first-order valence-electron chi connectivity index (χ1n) is 15.7. The van der Waals surface area contributed by atoms with Crippen molar-refractivity contribution in [2.45, 2.75) is 121 Å². The SMILES string of the molecule is C[C@H]1CC[C@@H]2C[C@H](n3c([C@H]4CCCN4CC(=O)O)nc4ccccc43)C[C@H]1N2C1C[C@H]2CCCC[C@@H](C1)C2. The van der Waals surface area contributed by atoms with Gasteiger partial charge in [-0.05, 0) is 94.2 Å². The Labute approximate surface area is 227 Å². The van der Waals surface area contributed by atoms with Gasteiger partial charge in [-0.1, -0.05) is 44.7 Å². The Bertz CT molecular complexity index is 1150. The molecule has 1 aromatic heterocycles. The van der Waals surface area contributed by atoms with Gasteiger partial charge in [0.1, 0.15) is 5.82 Å². The number of hydrogen-bond acceptors (Lipinski definition) is 4. The molecule has 6 nitrogen and oxygen atoms in total. The van der Waals surface area contributed by atoms with Crippen molar-refractivity contribution < 1.29 is 9.90 Å². The lowest BCUT2D eigenvalue weighted by atomic mass is 9.71. The fraction of sp³-hybridized carbons (Fsp3) is 0.750. The maximum atomic E-state index is 11.7. The van der Waals surface area contributed by atoms with E-state index in [0.29, 0.717) is 18.1 Å². The quantitative estimate of drug-likeness (QED) is 0.495. The highest BCUT2D eigenvalue weighted by Gasteiger charge is 2.48. The van der Waals surface area contributed by atoms with Crippen molar-refractivity contribution >= 4 is 17.0 Å². The zero-order chi connectivity index (χ0) is 25.8. The maximum Gasteiger partial charge on any atom is 0.317 e. The molecule has 4 bridgehead atoms. The van der Waals surface area contributed by atoms with E-state index >= 15 is 0 Å². The Kier molecular flexibility index (Phi) is 6.76. The molecule has 1 aromatic carbocycles. The molecule has 1 N–H and O–H groups in total. The summed E-state index contributed by atoms with van der Waals surface area (Å²) in [7, 11) is 0. The number of benzene rings is 1. The first kappa shape index (κ1) is 25.1. The highest BCUT2D eigenvalue weighted by atomic mass is 16.4. The van der Waals surface area contributed by atoms with E-state index in [2.05, 4.69) is 45.6 Å². The number of imidazole rings is 1. The molecule has 8 atom stereocenters. The lowest BCUT2D eigenvalue weighted by Crippen LogP contribution is -2.60. The lowest BCUT2D eigenvalue weighted by Gasteiger charge is -2.56. The number of carbonyl (C=O) groups is 1. The van der Waals surface area contributed by atoms with Crippen molar-refractivity contribution in [2.75, 3.05) is 13.1 Å². The molecule has 5 aliphatic rings. The molecule has 38 heavy (non-hydrogen) atoms. The molecule has 206 valence electrons. The second-order valence-corrected chi connectivity index (χ2v) is 13.6. The number of carboxylic acid groups (broad SMARTS) is 1. The van der Waals surface area contributed by atoms with Gasteiger partial charge in [-0.25, -0.2) is 4.98 Å². The first-order chi connectivity index (χ1) is 18.5. The molecule has 3 aliphatic heterocycles. The van der Waals surface area contributed by atoms with E-state index < -0.39 is 5.97 Å². The number of piperidine rings is 2. The number of nitrogens with zero attached hydrogens (tertiary/aromatic N) is 4. The smallest absolute Gasteiger partial charge is 0.317 e. The summed E-state index contributed by atoms with van der Waals surface area (Å²) >= 11 is 0. The Morgan fingerprint density at radius 1 is 0.895 bits per heavy atom. The molecule has 0 amide bonds. The topological polar surface area (TPSA) is 61.6 Å². The zero-order valence-electron chi connectivity index (χ0n) is 23.2. The lowest BCUT2D eigenvalue weighted by molar-refractivity contribution is -0.138. The molecule has 0 spiro atoms. The van der Waals surface area contributed by atoms with Crippen LogP contribution in [0.2, 0.25) is 0 Å². The van der Waals surface area contributed by atoms with Gasteiger partial charge < -0.3 is 9.67 Å². The number of aromatic nitrogens is 2. The highest BCUT2D eigenvalue weighted by Crippen LogP contribution is 2.49. The third kappa shape index (κ3) is 4.50. The average molecular weight is 519 g/mol. The third-order valence-corrected chi connectivity index (χ3v) is 11.2. The van der Waals surface area contributed by atoms with Gasteiger partial charge in [-0.2, -0.15) is 0 Å². The van der Waals surface area contributed by atoms with Crippen molar-refractivity contribution in [2.24, 2.45) is 17.8 Å². The van der Waals surface area contributed by atoms with Gasteiger partial charge in [0.15, 0.2) is 0 Å². The predicted octanol–water partition coefficient (Wildman–Crippen LogP) is 6.42. The molecular weight excluding hydrogens is 472 g/mol. The molecular formula is C32H46N4O2. The maximum absolute atomic E-state index is 11.7. The predicted molar refractivity (Wildman–Crippen MR) is 150 cm³/mol. The van der Waals surface area contributed by atoms with Crippen LogP contribution in [0.3, 0.4) is 0 Å². The molecule has 5 fully saturated rings. The number of likely N-dealkylation sites (tertiary alicyclic amines) is 1. The standard InChI is InChI=1S/C32H46N4O2/c1-21-12-13-24-18-26(19-30(21)35(24)25-16-22-7-2-3-8-23(15-22)17-25)36-28-10-5-4-9-27(28)33-32(36)29-11-6-14-34(29)20-31(37)38/h4-5,9-10,21-26,29-30H,2-3,6-8,11-20H2,1H3,(H,37,38)/t21-,22-,23+,24+,25?,26-,29+,30+/m0/s1. The second-order valence-electron chi connectivity index (χ2n) is 13.6. The van der Waals surface area contributed by atoms with Crippen LogP contribution in [0.25, 0.3) is 11.0 Å². The van der Waals surface area contributed by atoms with Crippen molar-refractivity contribution in [1.29, 1.82) is 0 Å². The molecule has 0 radical (unpaired) electrons. The van der Waals surface area contributed by atoms with E-state index in [1.54, 1.807) is 0 Å². The number of para-hydroxylation sites is 2.